The van der Waals surface area contributed by atoms with Crippen LogP contribution in [0.1, 0.15) is 35.4 Å². The largest absolute Gasteiger partial charge is 0.507 e. The first-order valence-electron chi connectivity index (χ1n) is 10.5. The molecule has 6 rings (SSSR count). The fourth-order valence-corrected chi connectivity index (χ4v) is 5.32. The Kier molecular flexibility index (Phi) is 4.91. The average Bonchev–Trinajstić information content (AvgIpc) is 3.26. The molecule has 0 saturated heterocycles. The highest BCUT2D eigenvalue weighted by atomic mass is 35.5. The zero-order chi connectivity index (χ0) is 22.7. The Labute approximate surface area is 205 Å². The van der Waals surface area contributed by atoms with Gasteiger partial charge in [-0.05, 0) is 52.7 Å². The van der Waals surface area contributed by atoms with Gasteiger partial charge in [0.05, 0.1) is 22.3 Å². The molecule has 2 aliphatic rings. The summed E-state index contributed by atoms with van der Waals surface area (Å²) in [5.74, 6) is 0.618. The van der Waals surface area contributed by atoms with Crippen LogP contribution in [-0.4, -0.2) is 15.8 Å². The van der Waals surface area contributed by atoms with Crippen LogP contribution in [-0.2, 0) is 0 Å². The highest BCUT2D eigenvalue weighted by Crippen LogP contribution is 2.52. The summed E-state index contributed by atoms with van der Waals surface area (Å²) in [5.41, 5.74) is 3.34. The van der Waals surface area contributed by atoms with E-state index in [0.29, 0.717) is 32.8 Å². The Morgan fingerprint density at radius 2 is 1.64 bits per heavy atom. The van der Waals surface area contributed by atoms with Crippen molar-refractivity contribution >= 4 is 51.3 Å². The summed E-state index contributed by atoms with van der Waals surface area (Å²) in [6.45, 7) is 0. The van der Waals surface area contributed by atoms with E-state index in [1.807, 2.05) is 23.2 Å². The number of hydrogen-bond donors (Lipinski definition) is 1. The molecule has 4 aromatic carbocycles. The van der Waals surface area contributed by atoms with Gasteiger partial charge in [-0.25, -0.2) is 5.01 Å². The predicted molar refractivity (Wildman–Crippen MR) is 133 cm³/mol. The number of nitrogens with zero attached hydrogens (tertiary/aromatic N) is 2. The summed E-state index contributed by atoms with van der Waals surface area (Å²) < 4.78 is 6.32. The van der Waals surface area contributed by atoms with Crippen molar-refractivity contribution in [3.05, 3.63) is 105 Å². The summed E-state index contributed by atoms with van der Waals surface area (Å²) in [6, 6.07) is 22.8. The Balaban J connectivity index is 1.50. The summed E-state index contributed by atoms with van der Waals surface area (Å²) in [7, 11) is 0. The van der Waals surface area contributed by atoms with Crippen LogP contribution in [0.4, 0.5) is 0 Å². The van der Waals surface area contributed by atoms with Gasteiger partial charge < -0.3 is 9.84 Å². The molecule has 33 heavy (non-hydrogen) atoms. The molecule has 4 aromatic rings. The zero-order valence-electron chi connectivity index (χ0n) is 17.2. The van der Waals surface area contributed by atoms with Crippen molar-refractivity contribution in [1.29, 1.82) is 0 Å². The van der Waals surface area contributed by atoms with Gasteiger partial charge in [0.15, 0.2) is 0 Å². The van der Waals surface area contributed by atoms with Crippen LogP contribution >= 0.6 is 34.8 Å². The number of fused-ring (bicyclic) bond motifs is 4. The van der Waals surface area contributed by atoms with E-state index in [4.69, 9.17) is 44.6 Å². The van der Waals surface area contributed by atoms with Gasteiger partial charge in [-0.15, -0.1) is 0 Å². The lowest BCUT2D eigenvalue weighted by atomic mass is 9.95. The minimum atomic E-state index is -0.696. The number of aromatic hydroxyl groups is 1. The van der Waals surface area contributed by atoms with Crippen LogP contribution in [0.3, 0.4) is 0 Å². The fourth-order valence-electron chi connectivity index (χ4n) is 4.59. The Hall–Kier alpha value is -2.92. The van der Waals surface area contributed by atoms with E-state index < -0.39 is 6.23 Å². The summed E-state index contributed by atoms with van der Waals surface area (Å²) in [4.78, 5) is 0. The molecule has 0 bridgehead atoms. The maximum Gasteiger partial charge on any atom is 0.217 e. The first kappa shape index (κ1) is 20.7. The smallest absolute Gasteiger partial charge is 0.217 e. The lowest BCUT2D eigenvalue weighted by Crippen LogP contribution is -2.34. The third-order valence-corrected chi connectivity index (χ3v) is 6.88. The van der Waals surface area contributed by atoms with E-state index >= 15 is 0 Å². The second kappa shape index (κ2) is 7.84. The van der Waals surface area contributed by atoms with Gasteiger partial charge in [-0.3, -0.25) is 0 Å². The molecule has 0 aromatic heterocycles. The van der Waals surface area contributed by atoms with Crippen LogP contribution in [0.5, 0.6) is 11.5 Å². The second-order valence-electron chi connectivity index (χ2n) is 8.19. The molecule has 0 amide bonds. The Morgan fingerprint density at radius 3 is 2.48 bits per heavy atom. The molecule has 4 nitrogen and oxygen atoms in total. The molecular formula is C26H17Cl3N2O2. The van der Waals surface area contributed by atoms with Crippen LogP contribution in [0.2, 0.25) is 15.1 Å². The third kappa shape index (κ3) is 3.50. The van der Waals surface area contributed by atoms with Gasteiger partial charge in [-0.2, -0.15) is 5.10 Å². The highest BCUT2D eigenvalue weighted by Gasteiger charge is 2.43. The third-order valence-electron chi connectivity index (χ3n) is 6.15. The quantitative estimate of drug-likeness (QED) is 0.309. The summed E-state index contributed by atoms with van der Waals surface area (Å²) in [6.07, 6.45) is -0.0544. The lowest BCUT2D eigenvalue weighted by Gasteiger charge is -2.38. The maximum atomic E-state index is 10.6. The number of hydrazone groups is 1. The van der Waals surface area contributed by atoms with E-state index in [1.54, 1.807) is 24.3 Å². The van der Waals surface area contributed by atoms with Gasteiger partial charge in [0, 0.05) is 22.0 Å². The van der Waals surface area contributed by atoms with E-state index in [2.05, 4.69) is 30.3 Å². The van der Waals surface area contributed by atoms with Crippen molar-refractivity contribution in [1.82, 2.24) is 5.01 Å². The Bertz CT molecular complexity index is 1450. The standard InChI is InChI=1S/C26H17Cl3N2O2/c27-17-7-8-24(32)20(10-17)26-31-23(19-11-18(28)12-21(29)25(19)33-26)13-22(30-31)16-6-5-14-3-1-2-4-15(14)9-16/h1-12,23,26,32H,13H2/t23-,26+/m1/s1. The van der Waals surface area contributed by atoms with Crippen molar-refractivity contribution < 1.29 is 9.84 Å². The second-order valence-corrected chi connectivity index (χ2v) is 9.47. The summed E-state index contributed by atoms with van der Waals surface area (Å²) in [5, 5.41) is 21.2. The van der Waals surface area contributed by atoms with Crippen molar-refractivity contribution in [2.45, 2.75) is 18.7 Å². The number of halogens is 3. The van der Waals surface area contributed by atoms with E-state index in [0.717, 1.165) is 22.2 Å². The van der Waals surface area contributed by atoms with E-state index in [-0.39, 0.29) is 11.8 Å². The van der Waals surface area contributed by atoms with Gasteiger partial charge in [0.1, 0.15) is 11.5 Å². The minimum Gasteiger partial charge on any atom is -0.507 e. The molecule has 1 N–H and O–H groups in total. The highest BCUT2D eigenvalue weighted by molar-refractivity contribution is 6.35. The van der Waals surface area contributed by atoms with Crippen molar-refractivity contribution in [3.63, 3.8) is 0 Å². The molecule has 0 fully saturated rings. The van der Waals surface area contributed by atoms with Gasteiger partial charge in [0.2, 0.25) is 6.23 Å². The zero-order valence-corrected chi connectivity index (χ0v) is 19.4. The molecule has 164 valence electrons. The topological polar surface area (TPSA) is 45.1 Å². The molecule has 7 heteroatoms. The monoisotopic (exact) mass is 494 g/mol. The lowest BCUT2D eigenvalue weighted by molar-refractivity contribution is -0.0202. The van der Waals surface area contributed by atoms with Crippen molar-refractivity contribution in [2.75, 3.05) is 0 Å². The Morgan fingerprint density at radius 1 is 0.848 bits per heavy atom. The maximum absolute atomic E-state index is 10.6. The number of phenols is 1. The summed E-state index contributed by atoms with van der Waals surface area (Å²) >= 11 is 19.1. The number of ether oxygens (including phenoxy) is 1. The molecule has 0 spiro atoms. The minimum absolute atomic E-state index is 0.0750. The molecule has 0 radical (unpaired) electrons. The first-order chi connectivity index (χ1) is 16.0. The number of benzene rings is 4. The molecule has 2 atom stereocenters. The van der Waals surface area contributed by atoms with Crippen LogP contribution in [0, 0.1) is 0 Å². The van der Waals surface area contributed by atoms with Crippen LogP contribution < -0.4 is 4.74 Å². The SMILES string of the molecule is Oc1ccc(Cl)cc1[C@@H]1Oc2c(Cl)cc(Cl)cc2[C@H]2CC(c3ccc4ccccc4c3)=NN21. The van der Waals surface area contributed by atoms with Crippen molar-refractivity contribution in [2.24, 2.45) is 5.10 Å². The van der Waals surface area contributed by atoms with Crippen molar-refractivity contribution in [3.8, 4) is 11.5 Å². The predicted octanol–water partition coefficient (Wildman–Crippen LogP) is 7.75. The molecule has 0 saturated carbocycles. The fraction of sp³-hybridized carbons (Fsp3) is 0.115. The number of phenolic OH excluding ortho intramolecular Hbond substituents is 1. The molecular weight excluding hydrogens is 479 g/mol. The molecule has 2 heterocycles. The van der Waals surface area contributed by atoms with Gasteiger partial charge >= 0.3 is 0 Å². The molecule has 0 unspecified atom stereocenters. The van der Waals surface area contributed by atoms with Gasteiger partial charge in [-0.1, -0.05) is 71.2 Å². The normalized spacial score (nSPS) is 19.1. The molecule has 0 aliphatic carbocycles. The van der Waals surface area contributed by atoms with Gasteiger partial charge in [0.25, 0.3) is 0 Å². The average molecular weight is 496 g/mol. The first-order valence-corrected chi connectivity index (χ1v) is 11.6. The van der Waals surface area contributed by atoms with Crippen LogP contribution in [0.25, 0.3) is 10.8 Å². The number of hydrogen-bond acceptors (Lipinski definition) is 4. The van der Waals surface area contributed by atoms with E-state index in [9.17, 15) is 5.11 Å². The van der Waals surface area contributed by atoms with E-state index in [1.165, 1.54) is 5.39 Å². The number of rotatable bonds is 2. The van der Waals surface area contributed by atoms with Crippen LogP contribution in [0.15, 0.2) is 77.9 Å². The molecule has 2 aliphatic heterocycles.